The minimum absolute atomic E-state index is 0.611. The van der Waals surface area contributed by atoms with Gasteiger partial charge in [-0.15, -0.1) is 13.2 Å². The van der Waals surface area contributed by atoms with Crippen molar-refractivity contribution in [3.8, 4) is 0 Å². The molecule has 0 aliphatic heterocycles. The maximum atomic E-state index is 9.63. The molecular weight excluding hydrogens is 553 g/mol. The second-order valence-corrected chi connectivity index (χ2v) is 37.9. The molecule has 0 aliphatic carbocycles. The smallest absolute Gasteiger partial charge is 0.144 e. The Morgan fingerprint density at radius 1 is 0.857 bits per heavy atom. The number of nitrogens with zero attached hydrogens (tertiary/aromatic N) is 1. The van der Waals surface area contributed by atoms with Crippen molar-refractivity contribution in [2.75, 3.05) is 126 Å². The number of ether oxygens (including phenoxy) is 1. The standard InChI is InChI=1S/C5H15P.C4H11P.C4H12Si.C3H9N.C2H6O2S.C2H6OS.C2H6O.C2H6S/c1-6(2,3,4)5;2*1-5(2,3)4;1-4(2)3;1-5(2,3)4;1-4(2)3;2*1-3-2/h1-5H3;1H2,2-4H3;1-4H3;1-3H3;1-2H3;1-2H3;2*1-2H3. The molecule has 0 saturated heterocycles. The van der Waals surface area contributed by atoms with Crippen LogP contribution in [-0.2, 0) is 25.4 Å². The number of sulfone groups is 1. The number of methoxy groups -OCH3 is 1. The summed E-state index contributed by atoms with van der Waals surface area (Å²) in [6.07, 6.45) is 13.6. The summed E-state index contributed by atoms with van der Waals surface area (Å²) < 4.78 is 33.1. The van der Waals surface area contributed by atoms with Crippen LogP contribution < -0.4 is 0 Å². The Hall–Kier alpha value is 1.32. The molecular formula is C24H71NO4P2S3Si. The molecule has 0 bridgehead atoms. The van der Waals surface area contributed by atoms with Crippen molar-refractivity contribution in [2.24, 2.45) is 0 Å². The Kier molecular flexibility index (Phi) is 48.2. The van der Waals surface area contributed by atoms with Crippen LogP contribution in [0.25, 0.3) is 0 Å². The molecule has 0 unspecified atom stereocenters. The van der Waals surface area contributed by atoms with Gasteiger partial charge in [-0.05, 0) is 53.6 Å². The van der Waals surface area contributed by atoms with Crippen molar-refractivity contribution in [1.29, 1.82) is 0 Å². The summed E-state index contributed by atoms with van der Waals surface area (Å²) in [5.74, 6) is 0. The van der Waals surface area contributed by atoms with E-state index in [0.29, 0.717) is 0 Å². The zero-order valence-electron chi connectivity index (χ0n) is 28.4. The molecule has 0 fully saturated rings. The van der Waals surface area contributed by atoms with Crippen LogP contribution in [0, 0.1) is 0 Å². The van der Waals surface area contributed by atoms with Gasteiger partial charge in [-0.2, -0.15) is 11.8 Å². The van der Waals surface area contributed by atoms with E-state index < -0.39 is 42.2 Å². The van der Waals surface area contributed by atoms with E-state index >= 15 is 0 Å². The Bertz CT molecular complexity index is 530. The molecule has 0 saturated carbocycles. The van der Waals surface area contributed by atoms with Gasteiger partial charge >= 0.3 is 39.9 Å². The first-order chi connectivity index (χ1) is 14.5. The summed E-state index contributed by atoms with van der Waals surface area (Å²) in [5, 5.41) is 0. The van der Waals surface area contributed by atoms with Crippen LogP contribution in [-0.4, -0.2) is 158 Å². The summed E-state index contributed by atoms with van der Waals surface area (Å²) in [6, 6.07) is 0. The van der Waals surface area contributed by atoms with Gasteiger partial charge in [0, 0.05) is 58.1 Å². The second-order valence-electron chi connectivity index (χ2n) is 13.8. The molecule has 5 nitrogen and oxygen atoms in total. The summed E-state index contributed by atoms with van der Waals surface area (Å²) in [6.45, 7) is 25.9. The van der Waals surface area contributed by atoms with Gasteiger partial charge in [-0.3, -0.25) is 4.21 Å². The topological polar surface area (TPSA) is 63.7 Å². The van der Waals surface area contributed by atoms with Gasteiger partial charge in [0.1, 0.15) is 9.84 Å². The molecule has 0 spiro atoms. The third-order valence-electron chi connectivity index (χ3n) is 0. The fraction of sp³-hybridized carbons (Fsp3) is 0.958. The van der Waals surface area contributed by atoms with E-state index in [1.165, 1.54) is 0 Å². The van der Waals surface area contributed by atoms with Gasteiger partial charge in [0.25, 0.3) is 0 Å². The third kappa shape index (κ3) is 22600. The predicted molar refractivity (Wildman–Crippen MR) is 190 cm³/mol. The molecule has 0 atom stereocenters. The molecule has 228 valence electrons. The first kappa shape index (κ1) is 56.5. The Balaban J connectivity index is -0.0000000401. The van der Waals surface area contributed by atoms with Crippen molar-refractivity contribution in [2.45, 2.75) is 26.2 Å². The average molecular weight is 624 g/mol. The van der Waals surface area contributed by atoms with Crippen LogP contribution in [0.5, 0.6) is 0 Å². The largest absolute Gasteiger partial charge is 0.260 e. The molecule has 0 aliphatic rings. The Morgan fingerprint density at radius 2 is 0.857 bits per heavy atom. The summed E-state index contributed by atoms with van der Waals surface area (Å²) in [5.41, 5.74) is 0. The average Bonchev–Trinajstić information content (AvgIpc) is 2.27. The normalized spacial score (nSPS) is 11.4. The predicted octanol–water partition coefficient (Wildman–Crippen LogP) is 6.04. The van der Waals surface area contributed by atoms with Crippen LogP contribution in [0.15, 0.2) is 0 Å². The molecule has 0 rings (SSSR count). The van der Waals surface area contributed by atoms with Crippen LogP contribution in [0.2, 0.25) is 26.2 Å². The van der Waals surface area contributed by atoms with Crippen molar-refractivity contribution >= 4 is 60.3 Å². The van der Waals surface area contributed by atoms with E-state index in [-0.39, 0.29) is 0 Å². The van der Waals surface area contributed by atoms with E-state index in [2.05, 4.69) is 90.5 Å². The van der Waals surface area contributed by atoms with Crippen LogP contribution in [0.3, 0.4) is 0 Å². The molecule has 35 heavy (non-hydrogen) atoms. The van der Waals surface area contributed by atoms with Crippen molar-refractivity contribution in [1.82, 2.24) is 4.90 Å². The van der Waals surface area contributed by atoms with Gasteiger partial charge in [0.2, 0.25) is 0 Å². The SMILES string of the molecule is C=P(C)(C)C.CN(C)C.COC.CP(C)(C)(C)C.CS(C)(=O)=O.CS(C)=O.CSC.C[Si](C)(C)C. The quantitative estimate of drug-likeness (QED) is 0.242. The van der Waals surface area contributed by atoms with Gasteiger partial charge in [-0.1, -0.05) is 26.2 Å². The molecule has 0 N–H and O–H groups in total. The molecule has 0 aromatic rings. The summed E-state index contributed by atoms with van der Waals surface area (Å²) in [7, 11) is 5.36. The molecule has 0 aromatic carbocycles. The van der Waals surface area contributed by atoms with E-state index in [1.54, 1.807) is 38.5 Å². The second kappa shape index (κ2) is 29.9. The van der Waals surface area contributed by atoms with E-state index in [9.17, 15) is 12.6 Å². The van der Waals surface area contributed by atoms with Crippen LogP contribution in [0.1, 0.15) is 0 Å². The minimum atomic E-state index is -2.67. The molecule has 0 radical (unpaired) electrons. The first-order valence-corrected chi connectivity index (χ1v) is 28.7. The van der Waals surface area contributed by atoms with Crippen molar-refractivity contribution < 1.29 is 17.4 Å². The summed E-state index contributed by atoms with van der Waals surface area (Å²) in [4.78, 5) is 2.00. The zero-order valence-corrected chi connectivity index (χ0v) is 33.6. The Morgan fingerprint density at radius 3 is 0.857 bits per heavy atom. The van der Waals surface area contributed by atoms with E-state index in [1.807, 2.05) is 38.6 Å². The fourth-order valence-corrected chi connectivity index (χ4v) is 0. The van der Waals surface area contributed by atoms with E-state index in [4.69, 9.17) is 0 Å². The number of thioether (sulfide) groups is 1. The molecule has 0 aromatic heterocycles. The molecule has 0 amide bonds. The van der Waals surface area contributed by atoms with Crippen LogP contribution in [0.4, 0.5) is 0 Å². The zero-order chi connectivity index (χ0) is 31.5. The molecule has 11 heteroatoms. The first-order valence-electron chi connectivity index (χ1n) is 11.0. The van der Waals surface area contributed by atoms with Crippen LogP contribution >= 0.6 is 25.3 Å². The number of hydrogen-bond donors (Lipinski definition) is 0. The monoisotopic (exact) mass is 623 g/mol. The fourth-order valence-electron chi connectivity index (χ4n) is 0. The van der Waals surface area contributed by atoms with Gasteiger partial charge < -0.3 is 9.64 Å². The van der Waals surface area contributed by atoms with Gasteiger partial charge in [0.15, 0.2) is 0 Å². The van der Waals surface area contributed by atoms with Crippen molar-refractivity contribution in [3.63, 3.8) is 0 Å². The van der Waals surface area contributed by atoms with Crippen molar-refractivity contribution in [3.05, 3.63) is 0 Å². The molecule has 0 heterocycles. The number of hydrogen-bond acceptors (Lipinski definition) is 6. The van der Waals surface area contributed by atoms with Gasteiger partial charge in [0.05, 0.1) is 0 Å². The maximum Gasteiger partial charge on any atom is 0.144 e. The number of rotatable bonds is 0. The summed E-state index contributed by atoms with van der Waals surface area (Å²) >= 11 is 1.75. The third-order valence-corrected chi connectivity index (χ3v) is 0. The Labute approximate surface area is 234 Å². The minimum Gasteiger partial charge on any atom is -0.260 e. The van der Waals surface area contributed by atoms with E-state index in [0.717, 1.165) is 12.5 Å². The van der Waals surface area contributed by atoms with Gasteiger partial charge in [-0.25, -0.2) is 8.42 Å². The maximum absolute atomic E-state index is 9.63.